The third-order valence-corrected chi connectivity index (χ3v) is 7.84. The van der Waals surface area contributed by atoms with E-state index in [4.69, 9.17) is 9.47 Å². The number of piperidine rings is 1. The fourth-order valence-corrected chi connectivity index (χ4v) is 5.78. The minimum absolute atomic E-state index is 0.00867. The van der Waals surface area contributed by atoms with E-state index in [1.54, 1.807) is 0 Å². The predicted molar refractivity (Wildman–Crippen MR) is 127 cm³/mol. The lowest BCUT2D eigenvalue weighted by Crippen LogP contribution is -2.62. The van der Waals surface area contributed by atoms with E-state index in [2.05, 4.69) is 19.4 Å². The Balaban J connectivity index is 1.44. The third-order valence-electron chi connectivity index (χ3n) is 6.36. The SMILES string of the molecule is COc1nc(-c2cccc(C(F)(F)F)c2)c(F)cc1N1C(=O)CO[C@H]2CN(S(=O)(=O)Nc3ccon3)CC[C@@H]21. The van der Waals surface area contributed by atoms with Crippen molar-refractivity contribution in [2.45, 2.75) is 24.7 Å². The predicted octanol–water partition coefficient (Wildman–Crippen LogP) is 3.07. The lowest BCUT2D eigenvalue weighted by atomic mass is 9.98. The van der Waals surface area contributed by atoms with Crippen LogP contribution in [0.5, 0.6) is 5.88 Å². The Morgan fingerprint density at radius 3 is 2.69 bits per heavy atom. The number of halogens is 4. The average molecular weight is 572 g/mol. The fraction of sp³-hybridized carbons (Fsp3) is 0.348. The molecule has 2 fully saturated rings. The molecular weight excluding hydrogens is 550 g/mol. The zero-order valence-electron chi connectivity index (χ0n) is 20.2. The maximum Gasteiger partial charge on any atom is 0.416 e. The molecule has 0 aliphatic carbocycles. The number of nitrogens with zero attached hydrogens (tertiary/aromatic N) is 4. The third kappa shape index (κ3) is 5.26. The van der Waals surface area contributed by atoms with Crippen molar-refractivity contribution in [1.82, 2.24) is 14.4 Å². The van der Waals surface area contributed by atoms with E-state index < -0.39 is 52.4 Å². The summed E-state index contributed by atoms with van der Waals surface area (Å²) in [6.45, 7) is -0.559. The molecule has 0 bridgehead atoms. The number of aromatic nitrogens is 2. The number of alkyl halides is 3. The number of pyridine rings is 1. The van der Waals surface area contributed by atoms with Crippen molar-refractivity contribution in [2.75, 3.05) is 36.4 Å². The van der Waals surface area contributed by atoms with Crippen molar-refractivity contribution in [3.05, 3.63) is 54.0 Å². The topological polar surface area (TPSA) is 127 Å². The zero-order chi connectivity index (χ0) is 27.9. The van der Waals surface area contributed by atoms with Gasteiger partial charge in [0.15, 0.2) is 11.6 Å². The molecule has 0 spiro atoms. The number of carbonyl (C=O) groups is 1. The number of anilines is 2. The summed E-state index contributed by atoms with van der Waals surface area (Å²) in [6, 6.07) is 5.64. The number of ether oxygens (including phenoxy) is 2. The number of amides is 1. The van der Waals surface area contributed by atoms with Gasteiger partial charge < -0.3 is 14.0 Å². The Hall–Kier alpha value is -3.76. The Kier molecular flexibility index (Phi) is 6.94. The van der Waals surface area contributed by atoms with E-state index in [9.17, 15) is 26.4 Å². The van der Waals surface area contributed by atoms with Gasteiger partial charge in [0.05, 0.1) is 24.8 Å². The second-order valence-corrected chi connectivity index (χ2v) is 10.4. The lowest BCUT2D eigenvalue weighted by Gasteiger charge is -2.45. The number of benzene rings is 1. The summed E-state index contributed by atoms with van der Waals surface area (Å²) in [6.07, 6.45) is -4.09. The number of hydrogen-bond acceptors (Lipinski definition) is 8. The van der Waals surface area contributed by atoms with E-state index >= 15 is 4.39 Å². The van der Waals surface area contributed by atoms with Gasteiger partial charge in [0.2, 0.25) is 5.88 Å². The van der Waals surface area contributed by atoms with Crippen LogP contribution in [0.4, 0.5) is 29.1 Å². The molecule has 5 rings (SSSR count). The second kappa shape index (κ2) is 10.1. The summed E-state index contributed by atoms with van der Waals surface area (Å²) in [5, 5.41) is 3.52. The number of hydrogen-bond donors (Lipinski definition) is 1. The van der Waals surface area contributed by atoms with E-state index in [1.807, 2.05) is 0 Å². The standard InChI is InChI=1S/C23H21F4N5O6S/c1-36-22-17(10-15(24)21(28-22)13-3-2-4-14(9-13)23(25,26)27)32-16-5-7-31(11-18(16)37-12-20(32)33)39(34,35)30-19-6-8-38-29-19/h2-4,6,8-10,16,18H,5,7,11-12H2,1H3,(H,29,30)/t16-,18-/m0/s1. The molecule has 2 aliphatic rings. The molecule has 1 amide bonds. The van der Waals surface area contributed by atoms with E-state index in [-0.39, 0.29) is 48.2 Å². The molecule has 16 heteroatoms. The molecule has 2 aromatic heterocycles. The van der Waals surface area contributed by atoms with Crippen molar-refractivity contribution >= 4 is 27.6 Å². The maximum absolute atomic E-state index is 15.3. The molecule has 0 unspecified atom stereocenters. The summed E-state index contributed by atoms with van der Waals surface area (Å²) in [4.78, 5) is 18.3. The summed E-state index contributed by atoms with van der Waals surface area (Å²) in [5.41, 5.74) is -1.54. The number of fused-ring (bicyclic) bond motifs is 1. The summed E-state index contributed by atoms with van der Waals surface area (Å²) >= 11 is 0. The van der Waals surface area contributed by atoms with Crippen molar-refractivity contribution in [3.63, 3.8) is 0 Å². The van der Waals surface area contributed by atoms with E-state index in [0.717, 1.165) is 28.6 Å². The number of morpholine rings is 1. The van der Waals surface area contributed by atoms with Crippen molar-refractivity contribution in [3.8, 4) is 17.1 Å². The fourth-order valence-electron chi connectivity index (χ4n) is 4.59. The number of nitrogens with one attached hydrogen (secondary N) is 1. The van der Waals surface area contributed by atoms with Crippen molar-refractivity contribution < 1.29 is 44.8 Å². The highest BCUT2D eigenvalue weighted by Crippen LogP contribution is 2.39. The van der Waals surface area contributed by atoms with Gasteiger partial charge in [0.25, 0.3) is 5.91 Å². The molecule has 4 heterocycles. The lowest BCUT2D eigenvalue weighted by molar-refractivity contribution is -0.137. The largest absolute Gasteiger partial charge is 0.479 e. The second-order valence-electron chi connectivity index (χ2n) is 8.74. The van der Waals surface area contributed by atoms with Crippen LogP contribution >= 0.6 is 0 Å². The normalized spacial score (nSPS) is 20.5. The average Bonchev–Trinajstić information content (AvgIpc) is 3.40. The van der Waals surface area contributed by atoms with Gasteiger partial charge in [0.1, 0.15) is 24.3 Å². The molecule has 0 saturated carbocycles. The minimum atomic E-state index is -4.64. The Labute approximate surface area is 219 Å². The van der Waals surface area contributed by atoms with Crippen molar-refractivity contribution in [1.29, 1.82) is 0 Å². The molecule has 2 atom stereocenters. The molecule has 0 radical (unpaired) electrons. The monoisotopic (exact) mass is 571 g/mol. The molecule has 11 nitrogen and oxygen atoms in total. The molecule has 39 heavy (non-hydrogen) atoms. The number of carbonyl (C=O) groups excluding carboxylic acids is 1. The van der Waals surface area contributed by atoms with Crippen LogP contribution in [0.25, 0.3) is 11.3 Å². The van der Waals surface area contributed by atoms with Crippen LogP contribution in [0.2, 0.25) is 0 Å². The molecule has 1 N–H and O–H groups in total. The first-order chi connectivity index (χ1) is 18.5. The molecule has 1 aromatic carbocycles. The smallest absolute Gasteiger partial charge is 0.416 e. The molecule has 208 valence electrons. The minimum Gasteiger partial charge on any atom is -0.479 e. The maximum atomic E-state index is 15.3. The summed E-state index contributed by atoms with van der Waals surface area (Å²) < 4.78 is 99.4. The van der Waals surface area contributed by atoms with Gasteiger partial charge in [-0.15, -0.1) is 0 Å². The molecule has 3 aromatic rings. The summed E-state index contributed by atoms with van der Waals surface area (Å²) in [5.74, 6) is -1.72. The van der Waals surface area contributed by atoms with Gasteiger partial charge in [0, 0.05) is 30.8 Å². The van der Waals surface area contributed by atoms with Crippen LogP contribution in [-0.2, 0) is 25.9 Å². The van der Waals surface area contributed by atoms with Gasteiger partial charge in [-0.05, 0) is 18.6 Å². The summed E-state index contributed by atoms with van der Waals surface area (Å²) in [7, 11) is -2.79. The highest BCUT2D eigenvalue weighted by molar-refractivity contribution is 7.90. The highest BCUT2D eigenvalue weighted by atomic mass is 32.2. The Morgan fingerprint density at radius 1 is 1.21 bits per heavy atom. The molecular formula is C23H21F4N5O6S. The van der Waals surface area contributed by atoms with Gasteiger partial charge >= 0.3 is 16.4 Å². The number of rotatable bonds is 6. The molecule has 2 aliphatic heterocycles. The van der Waals surface area contributed by atoms with Crippen LogP contribution in [0.3, 0.4) is 0 Å². The number of methoxy groups -OCH3 is 1. The Morgan fingerprint density at radius 2 is 2.00 bits per heavy atom. The van der Waals surface area contributed by atoms with Crippen LogP contribution < -0.4 is 14.4 Å². The first kappa shape index (κ1) is 26.8. The van der Waals surface area contributed by atoms with Crippen LogP contribution in [0.15, 0.2) is 47.2 Å². The van der Waals surface area contributed by atoms with Gasteiger partial charge in [-0.3, -0.25) is 14.4 Å². The Bertz CT molecular complexity index is 1480. The van der Waals surface area contributed by atoms with Crippen molar-refractivity contribution in [2.24, 2.45) is 0 Å². The van der Waals surface area contributed by atoms with Crippen LogP contribution in [0, 0.1) is 5.82 Å². The van der Waals surface area contributed by atoms with E-state index in [1.165, 1.54) is 30.4 Å². The first-order valence-corrected chi connectivity index (χ1v) is 13.0. The van der Waals surface area contributed by atoms with Gasteiger partial charge in [-0.2, -0.15) is 25.9 Å². The zero-order valence-corrected chi connectivity index (χ0v) is 21.0. The van der Waals surface area contributed by atoms with Gasteiger partial charge in [-0.25, -0.2) is 9.37 Å². The van der Waals surface area contributed by atoms with Gasteiger partial charge in [-0.1, -0.05) is 17.3 Å². The quantitative estimate of drug-likeness (QED) is 0.448. The van der Waals surface area contributed by atoms with Crippen LogP contribution in [-0.4, -0.2) is 67.7 Å². The van der Waals surface area contributed by atoms with Crippen LogP contribution in [0.1, 0.15) is 12.0 Å². The highest BCUT2D eigenvalue weighted by Gasteiger charge is 2.45. The van der Waals surface area contributed by atoms with E-state index in [0.29, 0.717) is 0 Å². The first-order valence-electron chi connectivity index (χ1n) is 11.5. The molecule has 2 saturated heterocycles.